The molecule has 2 fully saturated rings. The maximum Gasteiger partial charge on any atom is 0.213 e. The van der Waals surface area contributed by atoms with E-state index in [1.807, 2.05) is 6.92 Å². The van der Waals surface area contributed by atoms with Gasteiger partial charge >= 0.3 is 0 Å². The first-order valence-corrected chi connectivity index (χ1v) is 12.5. The number of sulfonamides is 1. The van der Waals surface area contributed by atoms with Crippen molar-refractivity contribution in [3.8, 4) is 0 Å². The van der Waals surface area contributed by atoms with E-state index in [4.69, 9.17) is 4.74 Å². The fourth-order valence-corrected chi connectivity index (χ4v) is 4.58. The summed E-state index contributed by atoms with van der Waals surface area (Å²) in [7, 11) is -3.34. The zero-order valence-electron chi connectivity index (χ0n) is 17.6. The van der Waals surface area contributed by atoms with Crippen molar-refractivity contribution in [3.63, 3.8) is 0 Å². The van der Waals surface area contributed by atoms with E-state index in [0.717, 1.165) is 64.9 Å². The van der Waals surface area contributed by atoms with E-state index >= 15 is 0 Å². The summed E-state index contributed by atoms with van der Waals surface area (Å²) in [5.41, 5.74) is 0. The molecule has 0 spiro atoms. The van der Waals surface area contributed by atoms with Crippen molar-refractivity contribution in [1.82, 2.24) is 20.3 Å². The van der Waals surface area contributed by atoms with E-state index in [9.17, 15) is 8.42 Å². The number of nitrogens with zero attached hydrogens (tertiary/aromatic N) is 2. The predicted molar refractivity (Wildman–Crippen MR) is 114 cm³/mol. The van der Waals surface area contributed by atoms with Crippen LogP contribution in [0.5, 0.6) is 0 Å². The summed E-state index contributed by atoms with van der Waals surface area (Å²) in [6, 6.07) is 0.393. The normalized spacial score (nSPS) is 22.9. The molecule has 2 aliphatic heterocycles. The topological polar surface area (TPSA) is 95.1 Å². The van der Waals surface area contributed by atoms with Crippen LogP contribution in [0.4, 0.5) is 0 Å². The standard InChI is InChI=1S/C19H39N5O3S/c1-3-11-24-12-8-17(9-13-24)23-19(20-4-2)21-10-15-28(25,26)22-16-18-7-5-6-14-27-18/h17-18,22H,3-16H2,1-2H3,(H2,20,21,23). The van der Waals surface area contributed by atoms with Crippen LogP contribution >= 0.6 is 0 Å². The van der Waals surface area contributed by atoms with Gasteiger partial charge in [0.25, 0.3) is 0 Å². The molecule has 0 amide bonds. The minimum absolute atomic E-state index is 0.00425. The third-order valence-electron chi connectivity index (χ3n) is 5.25. The quantitative estimate of drug-likeness (QED) is 0.361. The number of ether oxygens (including phenoxy) is 1. The maximum atomic E-state index is 12.2. The van der Waals surface area contributed by atoms with Gasteiger partial charge in [0.2, 0.25) is 10.0 Å². The van der Waals surface area contributed by atoms with Gasteiger partial charge in [-0.15, -0.1) is 0 Å². The third-order valence-corrected chi connectivity index (χ3v) is 6.57. The summed E-state index contributed by atoms with van der Waals surface area (Å²) >= 11 is 0. The van der Waals surface area contributed by atoms with E-state index < -0.39 is 10.0 Å². The lowest BCUT2D eigenvalue weighted by Gasteiger charge is -2.32. The molecule has 2 aliphatic rings. The number of hydrogen-bond donors (Lipinski definition) is 3. The van der Waals surface area contributed by atoms with Crippen molar-refractivity contribution in [1.29, 1.82) is 0 Å². The van der Waals surface area contributed by atoms with E-state index in [2.05, 4.69) is 32.2 Å². The van der Waals surface area contributed by atoms with Crippen LogP contribution in [0.1, 0.15) is 52.4 Å². The number of aliphatic imine (C=N–C) groups is 1. The highest BCUT2D eigenvalue weighted by molar-refractivity contribution is 7.89. The van der Waals surface area contributed by atoms with Crippen LogP contribution in [0.3, 0.4) is 0 Å². The molecule has 9 heteroatoms. The van der Waals surface area contributed by atoms with Gasteiger partial charge in [0.15, 0.2) is 5.96 Å². The Bertz CT molecular complexity index is 556. The van der Waals surface area contributed by atoms with Crippen molar-refractivity contribution in [2.24, 2.45) is 4.99 Å². The first-order chi connectivity index (χ1) is 13.5. The zero-order valence-corrected chi connectivity index (χ0v) is 18.4. The number of piperidine rings is 1. The van der Waals surface area contributed by atoms with Crippen molar-refractivity contribution in [3.05, 3.63) is 0 Å². The van der Waals surface area contributed by atoms with Crippen LogP contribution in [-0.2, 0) is 14.8 Å². The molecular weight excluding hydrogens is 378 g/mol. The first kappa shape index (κ1) is 23.4. The zero-order chi connectivity index (χ0) is 20.2. The van der Waals surface area contributed by atoms with Crippen molar-refractivity contribution < 1.29 is 13.2 Å². The minimum Gasteiger partial charge on any atom is -0.377 e. The summed E-state index contributed by atoms with van der Waals surface area (Å²) in [5.74, 6) is 0.702. The molecule has 1 unspecified atom stereocenters. The summed E-state index contributed by atoms with van der Waals surface area (Å²) in [6.45, 7) is 9.69. The molecule has 2 saturated heterocycles. The molecule has 0 aliphatic carbocycles. The second-order valence-corrected chi connectivity index (χ2v) is 9.60. The molecule has 0 bridgehead atoms. The molecule has 0 saturated carbocycles. The predicted octanol–water partition coefficient (Wildman–Crippen LogP) is 0.904. The van der Waals surface area contributed by atoms with Crippen LogP contribution < -0.4 is 15.4 Å². The number of guanidine groups is 1. The lowest BCUT2D eigenvalue weighted by Crippen LogP contribution is -2.49. The first-order valence-electron chi connectivity index (χ1n) is 10.9. The van der Waals surface area contributed by atoms with Gasteiger partial charge in [-0.2, -0.15) is 0 Å². The van der Waals surface area contributed by atoms with Crippen molar-refractivity contribution in [2.75, 3.05) is 51.6 Å². The van der Waals surface area contributed by atoms with E-state index in [-0.39, 0.29) is 18.4 Å². The number of hydrogen-bond acceptors (Lipinski definition) is 5. The Morgan fingerprint density at radius 3 is 2.61 bits per heavy atom. The van der Waals surface area contributed by atoms with Gasteiger partial charge in [-0.05, 0) is 52.0 Å². The summed E-state index contributed by atoms with van der Waals surface area (Å²) in [6.07, 6.45) is 6.47. The van der Waals surface area contributed by atoms with Gasteiger partial charge in [0, 0.05) is 38.8 Å². The molecule has 0 aromatic heterocycles. The second-order valence-electron chi connectivity index (χ2n) is 7.68. The van der Waals surface area contributed by atoms with Crippen molar-refractivity contribution >= 4 is 16.0 Å². The molecule has 0 aromatic carbocycles. The van der Waals surface area contributed by atoms with Gasteiger partial charge in [0.1, 0.15) is 0 Å². The lowest BCUT2D eigenvalue weighted by atomic mass is 10.1. The molecule has 2 rings (SSSR count). The number of likely N-dealkylation sites (tertiary alicyclic amines) is 1. The van der Waals surface area contributed by atoms with Gasteiger partial charge in [-0.3, -0.25) is 4.99 Å². The largest absolute Gasteiger partial charge is 0.377 e. The molecule has 164 valence electrons. The minimum atomic E-state index is -3.34. The van der Waals surface area contributed by atoms with E-state index in [1.54, 1.807) is 0 Å². The van der Waals surface area contributed by atoms with Crippen molar-refractivity contribution in [2.45, 2.75) is 64.5 Å². The molecule has 0 aromatic rings. The second kappa shape index (κ2) is 12.6. The molecule has 8 nitrogen and oxygen atoms in total. The lowest BCUT2D eigenvalue weighted by molar-refractivity contribution is 0.0200. The fraction of sp³-hybridized carbons (Fsp3) is 0.947. The Morgan fingerprint density at radius 1 is 1.18 bits per heavy atom. The van der Waals surface area contributed by atoms with Gasteiger partial charge in [-0.1, -0.05) is 6.92 Å². The van der Waals surface area contributed by atoms with E-state index in [0.29, 0.717) is 18.5 Å². The van der Waals surface area contributed by atoms with Crippen LogP contribution in [0.2, 0.25) is 0 Å². The summed E-state index contributed by atoms with van der Waals surface area (Å²) in [5, 5.41) is 6.69. The van der Waals surface area contributed by atoms with E-state index in [1.165, 1.54) is 6.42 Å². The van der Waals surface area contributed by atoms with Crippen LogP contribution in [-0.4, -0.2) is 83.1 Å². The Hall–Kier alpha value is -0.900. The Balaban J connectivity index is 1.73. The molecule has 2 heterocycles. The highest BCUT2D eigenvalue weighted by Crippen LogP contribution is 2.12. The molecule has 28 heavy (non-hydrogen) atoms. The van der Waals surface area contributed by atoms with Crippen LogP contribution in [0.25, 0.3) is 0 Å². The van der Waals surface area contributed by atoms with Gasteiger partial charge < -0.3 is 20.3 Å². The Morgan fingerprint density at radius 2 is 1.96 bits per heavy atom. The molecule has 0 radical (unpaired) electrons. The highest BCUT2D eigenvalue weighted by atomic mass is 32.2. The van der Waals surface area contributed by atoms with Gasteiger partial charge in [0.05, 0.1) is 18.4 Å². The number of rotatable bonds is 10. The molecule has 3 N–H and O–H groups in total. The Kier molecular flexibility index (Phi) is 10.5. The van der Waals surface area contributed by atoms with Gasteiger partial charge in [-0.25, -0.2) is 13.1 Å². The maximum absolute atomic E-state index is 12.2. The van der Waals surface area contributed by atoms with Crippen LogP contribution in [0, 0.1) is 0 Å². The summed E-state index contributed by atoms with van der Waals surface area (Å²) < 4.78 is 32.7. The molecular formula is C19H39N5O3S. The monoisotopic (exact) mass is 417 g/mol. The third kappa shape index (κ3) is 9.07. The average molecular weight is 418 g/mol. The highest BCUT2D eigenvalue weighted by Gasteiger charge is 2.20. The smallest absolute Gasteiger partial charge is 0.213 e. The number of nitrogens with one attached hydrogen (secondary N) is 3. The molecule has 1 atom stereocenters. The summed E-state index contributed by atoms with van der Waals surface area (Å²) in [4.78, 5) is 6.97. The Labute approximate surface area is 170 Å². The average Bonchev–Trinajstić information content (AvgIpc) is 2.69. The van der Waals surface area contributed by atoms with Crippen LogP contribution in [0.15, 0.2) is 4.99 Å². The fourth-order valence-electron chi connectivity index (χ4n) is 3.67. The SMILES string of the molecule is CCCN1CCC(NC(=NCCS(=O)(=O)NCC2CCCCO2)NCC)CC1.